The molecule has 82 valence electrons. The second-order valence-electron chi connectivity index (χ2n) is 3.40. The van der Waals surface area contributed by atoms with Crippen molar-refractivity contribution in [3.63, 3.8) is 0 Å². The molecule has 0 saturated heterocycles. The van der Waals surface area contributed by atoms with E-state index in [1.807, 2.05) is 11.4 Å². The zero-order chi connectivity index (χ0) is 10.9. The van der Waals surface area contributed by atoms with Crippen molar-refractivity contribution in [1.82, 2.24) is 5.32 Å². The van der Waals surface area contributed by atoms with E-state index in [-0.39, 0.29) is 11.8 Å². The maximum Gasteiger partial charge on any atom is 0.173 e. The van der Waals surface area contributed by atoms with E-state index in [1.165, 1.54) is 11.0 Å². The van der Waals surface area contributed by atoms with E-state index >= 15 is 0 Å². The second-order valence-corrected chi connectivity index (χ2v) is 7.63. The van der Waals surface area contributed by atoms with Crippen LogP contribution in [0.4, 0.5) is 0 Å². The van der Waals surface area contributed by atoms with Crippen molar-refractivity contribution >= 4 is 37.1 Å². The van der Waals surface area contributed by atoms with Crippen molar-refractivity contribution in [3.05, 3.63) is 32.3 Å². The third-order valence-electron chi connectivity index (χ3n) is 2.12. The molecular weight excluding hydrogens is 298 g/mol. The van der Waals surface area contributed by atoms with Gasteiger partial charge < -0.3 is 5.32 Å². The molecule has 2 heterocycles. The van der Waals surface area contributed by atoms with E-state index < -0.39 is 9.84 Å². The average Bonchev–Trinajstić information content (AvgIpc) is 2.69. The van der Waals surface area contributed by atoms with E-state index in [2.05, 4.69) is 21.2 Å². The molecule has 1 aliphatic rings. The smallest absolute Gasteiger partial charge is 0.173 e. The molecule has 0 aromatic carbocycles. The van der Waals surface area contributed by atoms with Gasteiger partial charge in [0.05, 0.1) is 9.54 Å². The first-order chi connectivity index (χ1) is 7.05. The van der Waals surface area contributed by atoms with Gasteiger partial charge in [-0.2, -0.15) is 0 Å². The first-order valence-corrected chi connectivity index (χ1v) is 7.81. The Morgan fingerprint density at radius 1 is 1.60 bits per heavy atom. The lowest BCUT2D eigenvalue weighted by Gasteiger charge is -2.07. The standard InChI is InChI=1S/C9H10BrNO2S2/c10-9-3-7(5-14-9)4-11-8-1-2-15(12,13)6-8/h1-3,5,8,11H,4,6H2. The van der Waals surface area contributed by atoms with Crippen molar-refractivity contribution in [2.75, 3.05) is 5.75 Å². The molecule has 0 radical (unpaired) electrons. The van der Waals surface area contributed by atoms with Crippen LogP contribution >= 0.6 is 27.3 Å². The Bertz CT molecular complexity index is 478. The minimum absolute atomic E-state index is 0.0475. The minimum Gasteiger partial charge on any atom is -0.305 e. The van der Waals surface area contributed by atoms with E-state index in [0.717, 1.165) is 3.79 Å². The predicted octanol–water partition coefficient (Wildman–Crippen LogP) is 1.91. The van der Waals surface area contributed by atoms with Crippen LogP contribution in [-0.4, -0.2) is 20.2 Å². The Balaban J connectivity index is 1.88. The maximum atomic E-state index is 11.1. The summed E-state index contributed by atoms with van der Waals surface area (Å²) in [6, 6.07) is 1.99. The fraction of sp³-hybridized carbons (Fsp3) is 0.333. The number of nitrogens with one attached hydrogen (secondary N) is 1. The number of halogens is 1. The van der Waals surface area contributed by atoms with Crippen LogP contribution < -0.4 is 5.32 Å². The quantitative estimate of drug-likeness (QED) is 0.928. The lowest BCUT2D eigenvalue weighted by Crippen LogP contribution is -2.29. The van der Waals surface area contributed by atoms with Crippen LogP contribution in [-0.2, 0) is 16.4 Å². The van der Waals surface area contributed by atoms with Crippen LogP contribution in [0.2, 0.25) is 0 Å². The van der Waals surface area contributed by atoms with Gasteiger partial charge in [-0.1, -0.05) is 6.08 Å². The third-order valence-corrected chi connectivity index (χ3v) is 5.07. The van der Waals surface area contributed by atoms with Crippen LogP contribution in [0, 0.1) is 0 Å². The maximum absolute atomic E-state index is 11.1. The van der Waals surface area contributed by atoms with Crippen molar-refractivity contribution < 1.29 is 8.42 Å². The number of hydrogen-bond acceptors (Lipinski definition) is 4. The summed E-state index contributed by atoms with van der Waals surface area (Å²) >= 11 is 5.01. The second kappa shape index (κ2) is 4.37. The van der Waals surface area contributed by atoms with Gasteiger partial charge in [0.2, 0.25) is 0 Å². The first kappa shape index (κ1) is 11.3. The summed E-state index contributed by atoms with van der Waals surface area (Å²) in [5, 5.41) is 6.52. The average molecular weight is 308 g/mol. The number of thiophene rings is 1. The van der Waals surface area contributed by atoms with Crippen LogP contribution in [0.1, 0.15) is 5.56 Å². The van der Waals surface area contributed by atoms with E-state index in [1.54, 1.807) is 17.4 Å². The molecule has 1 aromatic rings. The van der Waals surface area contributed by atoms with Crippen LogP contribution in [0.15, 0.2) is 26.7 Å². The molecule has 0 fully saturated rings. The molecule has 1 unspecified atom stereocenters. The lowest BCUT2D eigenvalue weighted by molar-refractivity contribution is 0.590. The Morgan fingerprint density at radius 2 is 2.40 bits per heavy atom. The Kier molecular flexibility index (Phi) is 3.30. The SMILES string of the molecule is O=S1(=O)C=CC(NCc2csc(Br)c2)C1. The molecule has 15 heavy (non-hydrogen) atoms. The van der Waals surface area contributed by atoms with Crippen LogP contribution in [0.5, 0.6) is 0 Å². The molecule has 0 aliphatic carbocycles. The summed E-state index contributed by atoms with van der Waals surface area (Å²) in [6.45, 7) is 0.701. The predicted molar refractivity (Wildman–Crippen MR) is 65.6 cm³/mol. The van der Waals surface area contributed by atoms with Crippen molar-refractivity contribution in [2.45, 2.75) is 12.6 Å². The molecular formula is C9H10BrNO2S2. The molecule has 0 saturated carbocycles. The van der Waals surface area contributed by atoms with Crippen LogP contribution in [0.25, 0.3) is 0 Å². The number of hydrogen-bond donors (Lipinski definition) is 1. The molecule has 1 aliphatic heterocycles. The summed E-state index contributed by atoms with van der Waals surface area (Å²) in [5.74, 6) is 0.179. The molecule has 1 N–H and O–H groups in total. The van der Waals surface area contributed by atoms with E-state index in [9.17, 15) is 8.42 Å². The zero-order valence-electron chi connectivity index (χ0n) is 7.81. The Labute approximate surface area is 101 Å². The van der Waals surface area contributed by atoms with Gasteiger partial charge in [-0.05, 0) is 32.9 Å². The van der Waals surface area contributed by atoms with Crippen molar-refractivity contribution in [2.24, 2.45) is 0 Å². The van der Waals surface area contributed by atoms with Gasteiger partial charge in [0, 0.05) is 18.0 Å². The fourth-order valence-corrected chi connectivity index (χ4v) is 3.87. The van der Waals surface area contributed by atoms with Crippen LogP contribution in [0.3, 0.4) is 0 Å². The zero-order valence-corrected chi connectivity index (χ0v) is 11.0. The molecule has 1 aromatic heterocycles. The summed E-state index contributed by atoms with van der Waals surface area (Å²) in [7, 11) is -2.94. The lowest BCUT2D eigenvalue weighted by atomic mass is 10.3. The largest absolute Gasteiger partial charge is 0.305 e. The fourth-order valence-electron chi connectivity index (χ4n) is 1.39. The monoisotopic (exact) mass is 307 g/mol. The van der Waals surface area contributed by atoms with Gasteiger partial charge >= 0.3 is 0 Å². The van der Waals surface area contributed by atoms with E-state index in [4.69, 9.17) is 0 Å². The molecule has 0 amide bonds. The van der Waals surface area contributed by atoms with Gasteiger partial charge in [0.15, 0.2) is 9.84 Å². The molecule has 2 rings (SSSR count). The van der Waals surface area contributed by atoms with Gasteiger partial charge in [-0.3, -0.25) is 0 Å². The Hall–Kier alpha value is -0.170. The normalized spacial score (nSPS) is 23.4. The topological polar surface area (TPSA) is 46.2 Å². The molecule has 1 atom stereocenters. The summed E-state index contributed by atoms with van der Waals surface area (Å²) in [5.41, 5.74) is 1.17. The van der Waals surface area contributed by atoms with E-state index in [0.29, 0.717) is 6.54 Å². The Morgan fingerprint density at radius 3 is 2.93 bits per heavy atom. The molecule has 3 nitrogen and oxygen atoms in total. The highest BCUT2D eigenvalue weighted by Crippen LogP contribution is 2.20. The van der Waals surface area contributed by atoms with Gasteiger partial charge in [0.1, 0.15) is 0 Å². The van der Waals surface area contributed by atoms with Gasteiger partial charge in [-0.25, -0.2) is 8.42 Å². The van der Waals surface area contributed by atoms with Crippen molar-refractivity contribution in [1.29, 1.82) is 0 Å². The highest BCUT2D eigenvalue weighted by molar-refractivity contribution is 9.11. The van der Waals surface area contributed by atoms with Gasteiger partial charge in [0.25, 0.3) is 0 Å². The third kappa shape index (κ3) is 3.14. The number of rotatable bonds is 3. The highest BCUT2D eigenvalue weighted by atomic mass is 79.9. The number of sulfone groups is 1. The summed E-state index contributed by atoms with van der Waals surface area (Å²) in [6.07, 6.45) is 1.71. The summed E-state index contributed by atoms with van der Waals surface area (Å²) in [4.78, 5) is 0. The molecule has 0 bridgehead atoms. The summed E-state index contributed by atoms with van der Waals surface area (Å²) < 4.78 is 23.3. The van der Waals surface area contributed by atoms with Crippen molar-refractivity contribution in [3.8, 4) is 0 Å². The highest BCUT2D eigenvalue weighted by Gasteiger charge is 2.20. The minimum atomic E-state index is -2.94. The molecule has 0 spiro atoms. The molecule has 6 heteroatoms. The van der Waals surface area contributed by atoms with Gasteiger partial charge in [-0.15, -0.1) is 11.3 Å². The first-order valence-electron chi connectivity index (χ1n) is 4.42.